The second kappa shape index (κ2) is 9.06. The molecule has 180 valence electrons. The molecule has 0 radical (unpaired) electrons. The number of ketones is 1. The summed E-state index contributed by atoms with van der Waals surface area (Å²) in [5.74, 6) is -1.06. The zero-order chi connectivity index (χ0) is 25.5. The Morgan fingerprint density at radius 2 is 1.60 bits per heavy atom. The topological polar surface area (TPSA) is 66.8 Å². The number of aliphatic hydroxyl groups excluding tert-OH is 1. The van der Waals surface area contributed by atoms with Gasteiger partial charge in [-0.05, 0) is 54.7 Å². The molecule has 3 aromatic carbocycles. The molecule has 1 saturated heterocycles. The number of anilines is 1. The van der Waals surface area contributed by atoms with Gasteiger partial charge in [-0.25, -0.2) is 0 Å². The van der Waals surface area contributed by atoms with Crippen molar-refractivity contribution in [2.75, 3.05) is 12.0 Å². The Bertz CT molecular complexity index is 1330. The number of methoxy groups -OCH3 is 1. The van der Waals surface area contributed by atoms with Gasteiger partial charge in [-0.3, -0.25) is 14.5 Å². The second-order valence-corrected chi connectivity index (χ2v) is 10.0. The molecule has 1 unspecified atom stereocenters. The van der Waals surface area contributed by atoms with Crippen molar-refractivity contribution < 1.29 is 19.4 Å². The van der Waals surface area contributed by atoms with Gasteiger partial charge in [0.1, 0.15) is 11.5 Å². The first-order valence-electron chi connectivity index (χ1n) is 11.7. The van der Waals surface area contributed by atoms with Crippen molar-refractivity contribution in [2.45, 2.75) is 46.1 Å². The van der Waals surface area contributed by atoms with E-state index in [1.807, 2.05) is 74.5 Å². The Morgan fingerprint density at radius 3 is 2.23 bits per heavy atom. The molecule has 1 aliphatic heterocycles. The van der Waals surface area contributed by atoms with Gasteiger partial charge in [0.15, 0.2) is 0 Å². The van der Waals surface area contributed by atoms with Gasteiger partial charge in [0, 0.05) is 16.8 Å². The van der Waals surface area contributed by atoms with Crippen molar-refractivity contribution >= 4 is 23.1 Å². The molecule has 0 spiro atoms. The monoisotopic (exact) mass is 469 g/mol. The van der Waals surface area contributed by atoms with Crippen LogP contribution in [0, 0.1) is 13.8 Å². The first-order chi connectivity index (χ1) is 16.5. The van der Waals surface area contributed by atoms with Crippen molar-refractivity contribution in [1.82, 2.24) is 0 Å². The Kier molecular flexibility index (Phi) is 6.28. The van der Waals surface area contributed by atoms with Gasteiger partial charge >= 0.3 is 0 Å². The van der Waals surface area contributed by atoms with E-state index < -0.39 is 17.7 Å². The van der Waals surface area contributed by atoms with E-state index in [0.29, 0.717) is 22.6 Å². The number of ether oxygens (including phenoxy) is 1. The number of nitrogens with zero attached hydrogens (tertiary/aromatic N) is 1. The number of amides is 1. The van der Waals surface area contributed by atoms with E-state index in [9.17, 15) is 14.7 Å². The number of carbonyl (C=O) groups is 2. The summed E-state index contributed by atoms with van der Waals surface area (Å²) >= 11 is 0. The number of para-hydroxylation sites is 1. The Morgan fingerprint density at radius 1 is 0.943 bits per heavy atom. The first-order valence-corrected chi connectivity index (χ1v) is 11.7. The molecule has 1 aliphatic rings. The standard InChI is InChI=1S/C30H31NO4/c1-18-11-12-19(2)23(17-18)27(32)25-26(22-9-7-8-10-24(22)35-6)31(29(34)28(25)33)21-15-13-20(14-16-21)30(3,4)5/h7-17,26,32H,1-6H3/b27-25+. The van der Waals surface area contributed by atoms with Crippen molar-refractivity contribution in [3.8, 4) is 5.75 Å². The summed E-state index contributed by atoms with van der Waals surface area (Å²) in [4.78, 5) is 28.4. The Hall–Kier alpha value is -3.86. The molecule has 1 heterocycles. The van der Waals surface area contributed by atoms with E-state index in [-0.39, 0.29) is 16.7 Å². The fraction of sp³-hybridized carbons (Fsp3) is 0.267. The van der Waals surface area contributed by atoms with E-state index in [2.05, 4.69) is 20.8 Å². The predicted molar refractivity (Wildman–Crippen MR) is 139 cm³/mol. The molecule has 1 atom stereocenters. The van der Waals surface area contributed by atoms with Crippen LogP contribution in [0.15, 0.2) is 72.3 Å². The van der Waals surface area contributed by atoms with Crippen molar-refractivity contribution in [3.63, 3.8) is 0 Å². The van der Waals surface area contributed by atoms with E-state index >= 15 is 0 Å². The minimum absolute atomic E-state index is 0.0492. The quantitative estimate of drug-likeness (QED) is 0.279. The van der Waals surface area contributed by atoms with Gasteiger partial charge in [-0.15, -0.1) is 0 Å². The lowest BCUT2D eigenvalue weighted by atomic mass is 9.87. The minimum atomic E-state index is -0.841. The number of carbonyl (C=O) groups excluding carboxylic acids is 2. The molecule has 5 heteroatoms. The number of hydrogen-bond donors (Lipinski definition) is 1. The number of aliphatic hydroxyl groups is 1. The van der Waals surface area contributed by atoms with Crippen LogP contribution in [-0.2, 0) is 15.0 Å². The maximum Gasteiger partial charge on any atom is 0.300 e. The molecule has 1 fully saturated rings. The van der Waals surface area contributed by atoms with Crippen molar-refractivity contribution in [2.24, 2.45) is 0 Å². The van der Waals surface area contributed by atoms with Crippen LogP contribution in [0.5, 0.6) is 5.75 Å². The van der Waals surface area contributed by atoms with Crippen LogP contribution in [0.3, 0.4) is 0 Å². The van der Waals surface area contributed by atoms with Crippen molar-refractivity contribution in [3.05, 3.63) is 100 Å². The lowest BCUT2D eigenvalue weighted by molar-refractivity contribution is -0.132. The molecule has 5 nitrogen and oxygen atoms in total. The van der Waals surface area contributed by atoms with Crippen LogP contribution in [0.2, 0.25) is 0 Å². The molecular formula is C30H31NO4. The smallest absolute Gasteiger partial charge is 0.300 e. The van der Waals surface area contributed by atoms with Crippen LogP contribution in [0.25, 0.3) is 5.76 Å². The number of rotatable bonds is 4. The average molecular weight is 470 g/mol. The lowest BCUT2D eigenvalue weighted by Crippen LogP contribution is -2.29. The highest BCUT2D eigenvalue weighted by Crippen LogP contribution is 2.45. The fourth-order valence-corrected chi connectivity index (χ4v) is 4.54. The number of aryl methyl sites for hydroxylation is 2. The summed E-state index contributed by atoms with van der Waals surface area (Å²) in [6.45, 7) is 10.1. The van der Waals surface area contributed by atoms with Gasteiger partial charge in [0.2, 0.25) is 0 Å². The lowest BCUT2D eigenvalue weighted by Gasteiger charge is -2.27. The molecular weight excluding hydrogens is 438 g/mol. The van der Waals surface area contributed by atoms with Gasteiger partial charge in [-0.1, -0.05) is 68.8 Å². The van der Waals surface area contributed by atoms with E-state index in [1.165, 1.54) is 4.90 Å². The second-order valence-electron chi connectivity index (χ2n) is 10.0. The van der Waals surface area contributed by atoms with Gasteiger partial charge in [0.05, 0.1) is 18.7 Å². The summed E-state index contributed by atoms with van der Waals surface area (Å²) in [5, 5.41) is 11.5. The van der Waals surface area contributed by atoms with E-state index in [0.717, 1.165) is 16.7 Å². The molecule has 0 saturated carbocycles. The molecule has 4 rings (SSSR count). The fourth-order valence-electron chi connectivity index (χ4n) is 4.54. The van der Waals surface area contributed by atoms with Crippen LogP contribution in [-0.4, -0.2) is 23.9 Å². The number of benzene rings is 3. The highest BCUT2D eigenvalue weighted by molar-refractivity contribution is 6.51. The highest BCUT2D eigenvalue weighted by atomic mass is 16.5. The van der Waals surface area contributed by atoms with Crippen LogP contribution in [0.1, 0.15) is 54.6 Å². The number of Topliss-reactive ketones (excluding diaryl/α,β-unsaturated/α-hetero) is 1. The SMILES string of the molecule is COc1ccccc1C1/C(=C(\O)c2cc(C)ccc2C)C(=O)C(=O)N1c1ccc(C(C)(C)C)cc1. The Balaban J connectivity index is 1.97. The number of hydrogen-bond acceptors (Lipinski definition) is 4. The van der Waals surface area contributed by atoms with E-state index in [4.69, 9.17) is 4.74 Å². The van der Waals surface area contributed by atoms with Crippen LogP contribution < -0.4 is 9.64 Å². The average Bonchev–Trinajstić information content (AvgIpc) is 3.10. The first kappa shape index (κ1) is 24.3. The summed E-state index contributed by atoms with van der Waals surface area (Å²) in [6.07, 6.45) is 0. The van der Waals surface area contributed by atoms with Gasteiger partial charge in [0.25, 0.3) is 11.7 Å². The van der Waals surface area contributed by atoms with E-state index in [1.54, 1.807) is 13.2 Å². The molecule has 0 bridgehead atoms. The van der Waals surface area contributed by atoms with Crippen molar-refractivity contribution in [1.29, 1.82) is 0 Å². The normalized spacial score (nSPS) is 17.7. The molecule has 35 heavy (non-hydrogen) atoms. The molecule has 0 aromatic heterocycles. The minimum Gasteiger partial charge on any atom is -0.507 e. The molecule has 1 N–H and O–H groups in total. The summed E-state index contributed by atoms with van der Waals surface area (Å²) in [6, 6.07) is 19.7. The molecule has 1 amide bonds. The zero-order valence-corrected chi connectivity index (χ0v) is 21.0. The largest absolute Gasteiger partial charge is 0.507 e. The summed E-state index contributed by atoms with van der Waals surface area (Å²) in [7, 11) is 1.55. The third kappa shape index (κ3) is 4.34. The maximum atomic E-state index is 13.5. The summed E-state index contributed by atoms with van der Waals surface area (Å²) in [5.41, 5.74) is 4.60. The maximum absolute atomic E-state index is 13.5. The van der Waals surface area contributed by atoms with Gasteiger partial charge in [-0.2, -0.15) is 0 Å². The molecule has 3 aromatic rings. The molecule has 0 aliphatic carbocycles. The summed E-state index contributed by atoms with van der Waals surface area (Å²) < 4.78 is 5.60. The van der Waals surface area contributed by atoms with Crippen LogP contribution >= 0.6 is 0 Å². The van der Waals surface area contributed by atoms with Crippen LogP contribution in [0.4, 0.5) is 5.69 Å². The third-order valence-electron chi connectivity index (χ3n) is 6.54. The zero-order valence-electron chi connectivity index (χ0n) is 21.0. The Labute approximate surface area is 206 Å². The highest BCUT2D eigenvalue weighted by Gasteiger charge is 2.48. The van der Waals surface area contributed by atoms with Gasteiger partial charge < -0.3 is 9.84 Å². The predicted octanol–water partition coefficient (Wildman–Crippen LogP) is 6.24. The third-order valence-corrected chi connectivity index (χ3v) is 6.54.